The molecular weight excluding hydrogens is 322 g/mol. The van der Waals surface area contributed by atoms with E-state index in [4.69, 9.17) is 9.47 Å². The minimum Gasteiger partial charge on any atom is -0.467 e. The van der Waals surface area contributed by atoms with Crippen molar-refractivity contribution in [3.05, 3.63) is 42.0 Å². The first-order chi connectivity index (χ1) is 11.6. The lowest BCUT2D eigenvalue weighted by Gasteiger charge is -2.35. The second kappa shape index (κ2) is 8.78. The fraction of sp³-hybridized carbons (Fsp3) is 0.474. The van der Waals surface area contributed by atoms with Gasteiger partial charge in [-0.3, -0.25) is 10.1 Å². The summed E-state index contributed by atoms with van der Waals surface area (Å²) in [4.78, 5) is 24.7. The van der Waals surface area contributed by atoms with Gasteiger partial charge in [-0.25, -0.2) is 4.79 Å². The number of esters is 2. The highest BCUT2D eigenvalue weighted by Gasteiger charge is 2.49. The molecule has 0 aliphatic heterocycles. The summed E-state index contributed by atoms with van der Waals surface area (Å²) in [6.07, 6.45) is 2.82. The van der Waals surface area contributed by atoms with Crippen LogP contribution in [0.5, 0.6) is 0 Å². The molecule has 138 valence electrons. The van der Waals surface area contributed by atoms with Crippen LogP contribution in [0.2, 0.25) is 0 Å². The van der Waals surface area contributed by atoms with E-state index in [2.05, 4.69) is 5.32 Å². The van der Waals surface area contributed by atoms with Crippen LogP contribution in [0.25, 0.3) is 6.08 Å². The topological polar surface area (TPSA) is 84.9 Å². The molecule has 0 amide bonds. The molecule has 25 heavy (non-hydrogen) atoms. The zero-order chi connectivity index (χ0) is 19.1. The van der Waals surface area contributed by atoms with Gasteiger partial charge in [0.2, 0.25) is 5.60 Å². The Hall–Kier alpha value is -2.18. The van der Waals surface area contributed by atoms with E-state index < -0.39 is 29.1 Å². The highest BCUT2D eigenvalue weighted by atomic mass is 16.5. The largest absolute Gasteiger partial charge is 0.467 e. The van der Waals surface area contributed by atoms with Crippen molar-refractivity contribution < 1.29 is 24.2 Å². The smallest absolute Gasteiger partial charge is 0.344 e. The highest BCUT2D eigenvalue weighted by molar-refractivity contribution is 5.92. The third-order valence-electron chi connectivity index (χ3n) is 3.38. The van der Waals surface area contributed by atoms with Gasteiger partial charge in [0.05, 0.1) is 13.7 Å². The van der Waals surface area contributed by atoms with Gasteiger partial charge in [-0.05, 0) is 39.3 Å². The number of hydrogen-bond acceptors (Lipinski definition) is 6. The zero-order valence-corrected chi connectivity index (χ0v) is 15.4. The number of benzene rings is 1. The Morgan fingerprint density at radius 2 is 1.84 bits per heavy atom. The molecule has 2 N–H and O–H groups in total. The molecule has 0 bridgehead atoms. The van der Waals surface area contributed by atoms with Gasteiger partial charge >= 0.3 is 11.9 Å². The van der Waals surface area contributed by atoms with E-state index >= 15 is 0 Å². The van der Waals surface area contributed by atoms with Gasteiger partial charge in [-0.1, -0.05) is 36.4 Å². The Morgan fingerprint density at radius 1 is 1.24 bits per heavy atom. The van der Waals surface area contributed by atoms with Crippen LogP contribution in [0.15, 0.2) is 36.4 Å². The van der Waals surface area contributed by atoms with Crippen LogP contribution in [-0.4, -0.2) is 47.9 Å². The molecule has 1 aromatic rings. The summed E-state index contributed by atoms with van der Waals surface area (Å²) in [5.41, 5.74) is -2.01. The maximum Gasteiger partial charge on any atom is 0.344 e. The number of nitrogens with one attached hydrogen (secondary N) is 1. The van der Waals surface area contributed by atoms with E-state index in [1.807, 2.05) is 51.1 Å². The number of methoxy groups -OCH3 is 1. The predicted molar refractivity (Wildman–Crippen MR) is 95.8 cm³/mol. The van der Waals surface area contributed by atoms with E-state index in [-0.39, 0.29) is 6.61 Å². The lowest BCUT2D eigenvalue weighted by Crippen LogP contribution is -2.63. The Bertz CT molecular complexity index is 606. The van der Waals surface area contributed by atoms with Crippen molar-refractivity contribution in [2.24, 2.45) is 0 Å². The van der Waals surface area contributed by atoms with Crippen LogP contribution < -0.4 is 5.32 Å². The Kier molecular flexibility index (Phi) is 7.33. The summed E-state index contributed by atoms with van der Waals surface area (Å²) in [6.45, 7) is 7.23. The average molecular weight is 349 g/mol. The van der Waals surface area contributed by atoms with Crippen molar-refractivity contribution in [2.75, 3.05) is 13.7 Å². The fourth-order valence-electron chi connectivity index (χ4n) is 2.24. The van der Waals surface area contributed by atoms with Gasteiger partial charge in [0.25, 0.3) is 0 Å². The van der Waals surface area contributed by atoms with Gasteiger partial charge < -0.3 is 14.6 Å². The van der Waals surface area contributed by atoms with Gasteiger partial charge in [-0.15, -0.1) is 0 Å². The van der Waals surface area contributed by atoms with Crippen molar-refractivity contribution in [2.45, 2.75) is 44.9 Å². The van der Waals surface area contributed by atoms with Crippen LogP contribution in [0.3, 0.4) is 0 Å². The molecule has 0 fully saturated rings. The summed E-state index contributed by atoms with van der Waals surface area (Å²) in [7, 11) is 1.16. The first kappa shape index (κ1) is 20.9. The van der Waals surface area contributed by atoms with E-state index in [9.17, 15) is 14.7 Å². The normalized spacial score (nSPS) is 15.4. The van der Waals surface area contributed by atoms with E-state index in [0.29, 0.717) is 0 Å². The third-order valence-corrected chi connectivity index (χ3v) is 3.38. The molecule has 0 heterocycles. The minimum atomic E-state index is -2.22. The van der Waals surface area contributed by atoms with Crippen molar-refractivity contribution in [3.8, 4) is 0 Å². The molecule has 0 radical (unpaired) electrons. The second-order valence-electron chi connectivity index (χ2n) is 6.64. The number of carbonyl (C=O) groups is 2. The number of carbonyl (C=O) groups excluding carboxylic acids is 2. The fourth-order valence-corrected chi connectivity index (χ4v) is 2.24. The van der Waals surface area contributed by atoms with Gasteiger partial charge in [0.15, 0.2) is 0 Å². The van der Waals surface area contributed by atoms with Crippen molar-refractivity contribution in [1.82, 2.24) is 5.32 Å². The average Bonchev–Trinajstić information content (AvgIpc) is 2.57. The molecule has 0 saturated heterocycles. The molecule has 0 aromatic heterocycles. The minimum absolute atomic E-state index is 0.126. The Balaban J connectivity index is 3.32. The molecule has 0 aliphatic rings. The maximum absolute atomic E-state index is 12.4. The van der Waals surface area contributed by atoms with Crippen LogP contribution in [0.1, 0.15) is 33.3 Å². The van der Waals surface area contributed by atoms with E-state index in [1.54, 1.807) is 13.0 Å². The molecular formula is C19H27NO5. The summed E-state index contributed by atoms with van der Waals surface area (Å²) in [6, 6.07) is 7.81. The molecule has 0 saturated carbocycles. The van der Waals surface area contributed by atoms with Crippen molar-refractivity contribution >= 4 is 18.0 Å². The highest BCUT2D eigenvalue weighted by Crippen LogP contribution is 2.21. The standard InChI is InChI=1S/C19H27NO5/c1-6-25-16(21)15(20-18(2,3)4)19(23,17(22)24-5)13-12-14-10-8-7-9-11-14/h7-13,15,20,23H,6H2,1-5H3/b13-12+/t15-,19+/m1/s1. The first-order valence-electron chi connectivity index (χ1n) is 8.13. The van der Waals surface area contributed by atoms with Crippen LogP contribution in [0, 0.1) is 0 Å². The molecule has 0 unspecified atom stereocenters. The molecule has 6 heteroatoms. The van der Waals surface area contributed by atoms with Crippen molar-refractivity contribution in [1.29, 1.82) is 0 Å². The van der Waals surface area contributed by atoms with Gasteiger partial charge in [-0.2, -0.15) is 0 Å². The Labute approximate surface area is 148 Å². The van der Waals surface area contributed by atoms with E-state index in [1.165, 1.54) is 6.08 Å². The summed E-state index contributed by atoms with van der Waals surface area (Å²) in [5.74, 6) is -1.68. The van der Waals surface area contributed by atoms with Crippen LogP contribution >= 0.6 is 0 Å². The quantitative estimate of drug-likeness (QED) is 0.732. The first-order valence-corrected chi connectivity index (χ1v) is 8.13. The molecule has 1 aromatic carbocycles. The van der Waals surface area contributed by atoms with Crippen LogP contribution in [0.4, 0.5) is 0 Å². The van der Waals surface area contributed by atoms with E-state index in [0.717, 1.165) is 12.7 Å². The summed E-state index contributed by atoms with van der Waals surface area (Å²) in [5, 5.41) is 14.0. The lowest BCUT2D eigenvalue weighted by atomic mass is 9.90. The van der Waals surface area contributed by atoms with Gasteiger partial charge in [0, 0.05) is 5.54 Å². The Morgan fingerprint density at radius 3 is 2.32 bits per heavy atom. The molecule has 1 rings (SSSR count). The molecule has 6 nitrogen and oxygen atoms in total. The number of ether oxygens (including phenoxy) is 2. The molecule has 0 aliphatic carbocycles. The van der Waals surface area contributed by atoms with Crippen LogP contribution in [-0.2, 0) is 19.1 Å². The summed E-state index contributed by atoms with van der Waals surface area (Å²) < 4.78 is 9.78. The maximum atomic E-state index is 12.4. The SMILES string of the molecule is CCOC(=O)[C@@H](NC(C)(C)C)[C@@](O)(/C=C/c1ccccc1)C(=O)OC. The predicted octanol–water partition coefficient (Wildman–Crippen LogP) is 1.92. The monoisotopic (exact) mass is 349 g/mol. The number of rotatable bonds is 7. The lowest BCUT2D eigenvalue weighted by molar-refractivity contribution is -0.169. The molecule has 2 atom stereocenters. The summed E-state index contributed by atoms with van der Waals surface area (Å²) >= 11 is 0. The zero-order valence-electron chi connectivity index (χ0n) is 15.4. The second-order valence-corrected chi connectivity index (χ2v) is 6.64. The van der Waals surface area contributed by atoms with Gasteiger partial charge in [0.1, 0.15) is 6.04 Å². The number of hydrogen-bond donors (Lipinski definition) is 2. The number of aliphatic hydroxyl groups is 1. The molecule has 0 spiro atoms. The van der Waals surface area contributed by atoms with Crippen molar-refractivity contribution in [3.63, 3.8) is 0 Å². The third kappa shape index (κ3) is 5.99.